The van der Waals surface area contributed by atoms with E-state index in [2.05, 4.69) is 15.3 Å². The van der Waals surface area contributed by atoms with E-state index in [1.165, 1.54) is 0 Å². The fourth-order valence-electron chi connectivity index (χ4n) is 3.21. The summed E-state index contributed by atoms with van der Waals surface area (Å²) in [6, 6.07) is 5.43. The highest BCUT2D eigenvalue weighted by Gasteiger charge is 2.23. The number of amides is 3. The number of nitrogens with one attached hydrogen (secondary N) is 1. The zero-order valence-corrected chi connectivity index (χ0v) is 16.3. The van der Waals surface area contributed by atoms with Crippen LogP contribution in [0.4, 0.5) is 4.79 Å². The Kier molecular flexibility index (Phi) is 5.88. The molecule has 1 aliphatic heterocycles. The number of hydrogen-bond acceptors (Lipinski definition) is 4. The first-order chi connectivity index (χ1) is 13.0. The van der Waals surface area contributed by atoms with E-state index in [1.807, 2.05) is 43.9 Å². The van der Waals surface area contributed by atoms with Crippen LogP contribution < -0.4 is 5.32 Å². The van der Waals surface area contributed by atoms with Crippen molar-refractivity contribution in [2.24, 2.45) is 0 Å². The Morgan fingerprint density at radius 2 is 1.67 bits per heavy atom. The molecule has 1 saturated heterocycles. The quantitative estimate of drug-likeness (QED) is 0.902. The second-order valence-corrected chi connectivity index (χ2v) is 6.96. The minimum Gasteiger partial charge on any atom is -0.338 e. The molecule has 0 spiro atoms. The summed E-state index contributed by atoms with van der Waals surface area (Å²) in [5, 5.41) is 2.90. The normalized spacial score (nSPS) is 14.9. The highest BCUT2D eigenvalue weighted by molar-refractivity contribution is 5.97. The molecule has 0 atom stereocenters. The van der Waals surface area contributed by atoms with Crippen LogP contribution in [-0.2, 0) is 0 Å². The van der Waals surface area contributed by atoms with E-state index in [-0.39, 0.29) is 11.9 Å². The summed E-state index contributed by atoms with van der Waals surface area (Å²) >= 11 is 0. The molecule has 1 fully saturated rings. The summed E-state index contributed by atoms with van der Waals surface area (Å²) in [6.07, 6.45) is 1.69. The molecule has 3 amide bonds. The topological polar surface area (TPSA) is 78.4 Å². The van der Waals surface area contributed by atoms with Crippen LogP contribution in [-0.4, -0.2) is 64.4 Å². The number of nitrogens with zero attached hydrogens (tertiary/aromatic N) is 4. The fraction of sp³-hybridized carbons (Fsp3) is 0.500. The minimum atomic E-state index is -0.0435. The van der Waals surface area contributed by atoms with E-state index >= 15 is 0 Å². The number of urea groups is 1. The molecule has 7 nitrogen and oxygen atoms in total. The first kappa shape index (κ1) is 19.1. The van der Waals surface area contributed by atoms with Crippen molar-refractivity contribution in [3.63, 3.8) is 0 Å². The average molecular weight is 369 g/mol. The van der Waals surface area contributed by atoms with E-state index in [1.54, 1.807) is 4.90 Å². The first-order valence-corrected chi connectivity index (χ1v) is 9.56. The summed E-state index contributed by atoms with van der Waals surface area (Å²) in [4.78, 5) is 37.8. The Morgan fingerprint density at radius 1 is 1.00 bits per heavy atom. The van der Waals surface area contributed by atoms with Crippen molar-refractivity contribution in [1.29, 1.82) is 0 Å². The monoisotopic (exact) mass is 369 g/mol. The molecule has 0 saturated carbocycles. The van der Waals surface area contributed by atoms with Gasteiger partial charge in [-0.15, -0.1) is 0 Å². The number of fused-ring (bicyclic) bond motifs is 1. The maximum atomic E-state index is 13.0. The van der Waals surface area contributed by atoms with Crippen molar-refractivity contribution < 1.29 is 9.59 Å². The largest absolute Gasteiger partial charge is 0.338 e. The molecule has 0 radical (unpaired) electrons. The van der Waals surface area contributed by atoms with Crippen LogP contribution in [0.3, 0.4) is 0 Å². The van der Waals surface area contributed by atoms with Crippen LogP contribution in [0, 0.1) is 13.8 Å². The Morgan fingerprint density at radius 3 is 2.41 bits per heavy atom. The Labute approximate surface area is 159 Å². The van der Waals surface area contributed by atoms with E-state index in [0.29, 0.717) is 38.3 Å². The molecule has 0 aliphatic carbocycles. The van der Waals surface area contributed by atoms with Crippen molar-refractivity contribution >= 4 is 23.0 Å². The Hall–Kier alpha value is -2.70. The molecule has 144 valence electrons. The lowest BCUT2D eigenvalue weighted by Crippen LogP contribution is -2.42. The Bertz CT molecular complexity index is 852. The van der Waals surface area contributed by atoms with Gasteiger partial charge in [-0.3, -0.25) is 4.79 Å². The van der Waals surface area contributed by atoms with Crippen molar-refractivity contribution in [3.8, 4) is 0 Å². The Balaban J connectivity index is 1.71. The van der Waals surface area contributed by atoms with Gasteiger partial charge in [-0.2, -0.15) is 0 Å². The number of aryl methyl sites for hydroxylation is 2. The lowest BCUT2D eigenvalue weighted by molar-refractivity contribution is 0.0762. The number of carbonyl (C=O) groups is 2. The minimum absolute atomic E-state index is 0.0206. The molecular weight excluding hydrogens is 342 g/mol. The fourth-order valence-corrected chi connectivity index (χ4v) is 3.21. The van der Waals surface area contributed by atoms with Gasteiger partial charge in [-0.05, 0) is 44.9 Å². The molecular formula is C20H27N5O2. The third-order valence-electron chi connectivity index (χ3n) is 4.92. The van der Waals surface area contributed by atoms with E-state index < -0.39 is 0 Å². The third kappa shape index (κ3) is 4.35. The predicted octanol–water partition coefficient (Wildman–Crippen LogP) is 2.51. The SMILES string of the molecule is CCCNC(=O)N1CCCN(C(=O)c2ccc3nc(C)c(C)nc3c2)CC1. The molecule has 2 heterocycles. The zero-order valence-electron chi connectivity index (χ0n) is 16.3. The van der Waals surface area contributed by atoms with Gasteiger partial charge in [0.15, 0.2) is 0 Å². The molecule has 7 heteroatoms. The number of carbonyl (C=O) groups excluding carboxylic acids is 2. The van der Waals surface area contributed by atoms with E-state index in [0.717, 1.165) is 35.3 Å². The number of aromatic nitrogens is 2. The molecule has 1 aromatic carbocycles. The second-order valence-electron chi connectivity index (χ2n) is 6.96. The van der Waals surface area contributed by atoms with Gasteiger partial charge < -0.3 is 15.1 Å². The molecule has 2 aromatic rings. The first-order valence-electron chi connectivity index (χ1n) is 9.56. The summed E-state index contributed by atoms with van der Waals surface area (Å²) in [5.41, 5.74) is 3.92. The summed E-state index contributed by atoms with van der Waals surface area (Å²) in [5.74, 6) is -0.0206. The van der Waals surface area contributed by atoms with Crippen molar-refractivity contribution in [3.05, 3.63) is 35.2 Å². The number of rotatable bonds is 3. The highest BCUT2D eigenvalue weighted by atomic mass is 16.2. The van der Waals surface area contributed by atoms with Gasteiger partial charge in [-0.25, -0.2) is 14.8 Å². The van der Waals surface area contributed by atoms with Gasteiger partial charge in [-0.1, -0.05) is 6.92 Å². The van der Waals surface area contributed by atoms with E-state index in [4.69, 9.17) is 0 Å². The lowest BCUT2D eigenvalue weighted by atomic mass is 10.1. The molecule has 1 aliphatic rings. The molecule has 1 aromatic heterocycles. The maximum absolute atomic E-state index is 13.0. The third-order valence-corrected chi connectivity index (χ3v) is 4.92. The standard InChI is InChI=1S/C20H27N5O2/c1-4-8-21-20(27)25-10-5-9-24(11-12-25)19(26)16-6-7-17-18(13-16)23-15(3)14(2)22-17/h6-7,13H,4-5,8-12H2,1-3H3,(H,21,27). The predicted molar refractivity (Wildman–Crippen MR) is 105 cm³/mol. The molecule has 3 rings (SSSR count). The molecule has 27 heavy (non-hydrogen) atoms. The number of benzene rings is 1. The van der Waals surface area contributed by atoms with Crippen LogP contribution in [0.25, 0.3) is 11.0 Å². The van der Waals surface area contributed by atoms with Crippen molar-refractivity contribution in [2.45, 2.75) is 33.6 Å². The van der Waals surface area contributed by atoms with Gasteiger partial charge in [0.1, 0.15) is 0 Å². The second kappa shape index (κ2) is 8.33. The van der Waals surface area contributed by atoms with Gasteiger partial charge in [0, 0.05) is 38.3 Å². The van der Waals surface area contributed by atoms with Crippen LogP contribution in [0.2, 0.25) is 0 Å². The lowest BCUT2D eigenvalue weighted by Gasteiger charge is -2.22. The highest BCUT2D eigenvalue weighted by Crippen LogP contribution is 2.17. The summed E-state index contributed by atoms with van der Waals surface area (Å²) < 4.78 is 0. The maximum Gasteiger partial charge on any atom is 0.317 e. The average Bonchev–Trinajstić information content (AvgIpc) is 2.92. The van der Waals surface area contributed by atoms with Crippen LogP contribution in [0.15, 0.2) is 18.2 Å². The van der Waals surface area contributed by atoms with Gasteiger partial charge >= 0.3 is 6.03 Å². The molecule has 0 unspecified atom stereocenters. The summed E-state index contributed by atoms with van der Waals surface area (Å²) in [6.45, 7) is 8.95. The number of hydrogen-bond donors (Lipinski definition) is 1. The smallest absolute Gasteiger partial charge is 0.317 e. The van der Waals surface area contributed by atoms with Gasteiger partial charge in [0.25, 0.3) is 5.91 Å². The van der Waals surface area contributed by atoms with Crippen molar-refractivity contribution in [1.82, 2.24) is 25.1 Å². The van der Waals surface area contributed by atoms with Gasteiger partial charge in [0.05, 0.1) is 22.4 Å². The van der Waals surface area contributed by atoms with Crippen LogP contribution >= 0.6 is 0 Å². The van der Waals surface area contributed by atoms with E-state index in [9.17, 15) is 9.59 Å². The van der Waals surface area contributed by atoms with Crippen LogP contribution in [0.5, 0.6) is 0 Å². The zero-order chi connectivity index (χ0) is 19.4. The van der Waals surface area contributed by atoms with Gasteiger partial charge in [0.2, 0.25) is 0 Å². The summed E-state index contributed by atoms with van der Waals surface area (Å²) in [7, 11) is 0. The van der Waals surface area contributed by atoms with Crippen molar-refractivity contribution in [2.75, 3.05) is 32.7 Å². The molecule has 1 N–H and O–H groups in total. The van der Waals surface area contributed by atoms with Crippen LogP contribution in [0.1, 0.15) is 41.5 Å². The molecule has 0 bridgehead atoms.